The molecule has 29 heavy (non-hydrogen) atoms. The SMILES string of the molecule is O=C1NCC(c2ccccc2)C1C(=O)NN=Cc1ccc(-c2cccc(Br)c2)o1. The number of nitrogens with zero attached hydrogens (tertiary/aromatic N) is 1. The van der Waals surface area contributed by atoms with E-state index < -0.39 is 11.8 Å². The third-order valence-electron chi connectivity index (χ3n) is 4.79. The first-order valence-electron chi connectivity index (χ1n) is 9.13. The van der Waals surface area contributed by atoms with Gasteiger partial charge in [-0.3, -0.25) is 9.59 Å². The Hall–Kier alpha value is -3.19. The van der Waals surface area contributed by atoms with E-state index in [4.69, 9.17) is 4.42 Å². The molecule has 2 amide bonds. The van der Waals surface area contributed by atoms with Gasteiger partial charge in [-0.25, -0.2) is 5.43 Å². The molecular formula is C22H18BrN3O3. The van der Waals surface area contributed by atoms with Crippen molar-refractivity contribution in [1.29, 1.82) is 0 Å². The summed E-state index contributed by atoms with van der Waals surface area (Å²) in [7, 11) is 0. The zero-order chi connectivity index (χ0) is 20.2. The molecule has 4 rings (SSSR count). The summed E-state index contributed by atoms with van der Waals surface area (Å²) in [6.07, 6.45) is 1.42. The number of hydrogen-bond donors (Lipinski definition) is 2. The molecule has 3 aromatic rings. The molecule has 146 valence electrons. The maximum absolute atomic E-state index is 12.6. The number of nitrogens with one attached hydrogen (secondary N) is 2. The van der Waals surface area contributed by atoms with E-state index >= 15 is 0 Å². The zero-order valence-corrected chi connectivity index (χ0v) is 16.9. The van der Waals surface area contributed by atoms with Crippen LogP contribution in [0.25, 0.3) is 11.3 Å². The van der Waals surface area contributed by atoms with Gasteiger partial charge in [0.05, 0.1) is 6.21 Å². The van der Waals surface area contributed by atoms with E-state index in [0.717, 1.165) is 15.6 Å². The summed E-state index contributed by atoms with van der Waals surface area (Å²) in [6.45, 7) is 0.429. The molecule has 2 aromatic carbocycles. The molecule has 1 aromatic heterocycles. The van der Waals surface area contributed by atoms with E-state index in [2.05, 4.69) is 31.8 Å². The summed E-state index contributed by atoms with van der Waals surface area (Å²) in [6, 6.07) is 20.9. The van der Waals surface area contributed by atoms with Crippen molar-refractivity contribution >= 4 is 34.0 Å². The van der Waals surface area contributed by atoms with Gasteiger partial charge in [0, 0.05) is 22.5 Å². The largest absolute Gasteiger partial charge is 0.455 e. The van der Waals surface area contributed by atoms with Gasteiger partial charge in [0.2, 0.25) is 5.91 Å². The van der Waals surface area contributed by atoms with Crippen LogP contribution in [0.15, 0.2) is 80.7 Å². The Morgan fingerprint density at radius 1 is 1.14 bits per heavy atom. The Labute approximate surface area is 176 Å². The van der Waals surface area contributed by atoms with Crippen molar-refractivity contribution in [3.63, 3.8) is 0 Å². The van der Waals surface area contributed by atoms with Gasteiger partial charge in [0.1, 0.15) is 17.4 Å². The van der Waals surface area contributed by atoms with Crippen molar-refractivity contribution in [3.8, 4) is 11.3 Å². The van der Waals surface area contributed by atoms with Gasteiger partial charge in [-0.2, -0.15) is 5.10 Å². The fourth-order valence-corrected chi connectivity index (χ4v) is 3.78. The molecule has 1 fully saturated rings. The minimum Gasteiger partial charge on any atom is -0.455 e. The quantitative estimate of drug-likeness (QED) is 0.352. The fraction of sp³-hybridized carbons (Fsp3) is 0.136. The van der Waals surface area contributed by atoms with Crippen LogP contribution in [0.4, 0.5) is 0 Å². The third kappa shape index (κ3) is 4.30. The van der Waals surface area contributed by atoms with Gasteiger partial charge >= 0.3 is 0 Å². The number of carbonyl (C=O) groups is 2. The summed E-state index contributed by atoms with van der Waals surface area (Å²) in [4.78, 5) is 24.7. The molecule has 2 atom stereocenters. The van der Waals surface area contributed by atoms with E-state index in [1.54, 1.807) is 6.07 Å². The molecule has 6 nitrogen and oxygen atoms in total. The molecular weight excluding hydrogens is 434 g/mol. The summed E-state index contributed by atoms with van der Waals surface area (Å²) >= 11 is 3.43. The van der Waals surface area contributed by atoms with E-state index in [0.29, 0.717) is 18.1 Å². The standard InChI is InChI=1S/C22H18BrN3O3/c23-16-8-4-7-15(11-16)19-10-9-17(29-19)12-25-26-22(28)20-18(13-24-21(20)27)14-5-2-1-3-6-14/h1-12,18,20H,13H2,(H,24,27)(H,26,28). The Bertz CT molecular complexity index is 1060. The van der Waals surface area contributed by atoms with E-state index in [9.17, 15) is 9.59 Å². The molecule has 7 heteroatoms. The predicted octanol–water partition coefficient (Wildman–Crippen LogP) is 3.69. The molecule has 2 heterocycles. The second kappa shape index (κ2) is 8.45. The zero-order valence-electron chi connectivity index (χ0n) is 15.3. The number of hydrogen-bond acceptors (Lipinski definition) is 4. The first-order chi connectivity index (χ1) is 14.1. The molecule has 0 spiro atoms. The lowest BCUT2D eigenvalue weighted by Crippen LogP contribution is -2.34. The highest BCUT2D eigenvalue weighted by Crippen LogP contribution is 2.29. The fourth-order valence-electron chi connectivity index (χ4n) is 3.38. The van der Waals surface area contributed by atoms with Gasteiger partial charge in [-0.15, -0.1) is 0 Å². The first kappa shape index (κ1) is 19.1. The van der Waals surface area contributed by atoms with Crippen LogP contribution in [0.5, 0.6) is 0 Å². The van der Waals surface area contributed by atoms with Crippen LogP contribution in [0.3, 0.4) is 0 Å². The van der Waals surface area contributed by atoms with Crippen molar-refractivity contribution in [3.05, 3.63) is 82.5 Å². The highest BCUT2D eigenvalue weighted by atomic mass is 79.9. The molecule has 0 saturated carbocycles. The second-order valence-corrected chi connectivity index (χ2v) is 7.60. The Balaban J connectivity index is 1.43. The van der Waals surface area contributed by atoms with Crippen LogP contribution >= 0.6 is 15.9 Å². The number of benzene rings is 2. The average Bonchev–Trinajstić information content (AvgIpc) is 3.35. The lowest BCUT2D eigenvalue weighted by molar-refractivity contribution is -0.133. The molecule has 0 aliphatic carbocycles. The smallest absolute Gasteiger partial charge is 0.253 e. The van der Waals surface area contributed by atoms with Crippen LogP contribution in [-0.4, -0.2) is 24.6 Å². The highest BCUT2D eigenvalue weighted by molar-refractivity contribution is 9.10. The molecule has 1 aliphatic heterocycles. The second-order valence-electron chi connectivity index (χ2n) is 6.69. The molecule has 1 aliphatic rings. The van der Waals surface area contributed by atoms with Gasteiger partial charge in [0.25, 0.3) is 5.91 Å². The molecule has 1 saturated heterocycles. The topological polar surface area (TPSA) is 83.7 Å². The van der Waals surface area contributed by atoms with Crippen LogP contribution < -0.4 is 10.7 Å². The molecule has 2 unspecified atom stereocenters. The van der Waals surface area contributed by atoms with Gasteiger partial charge in [-0.05, 0) is 29.8 Å². The number of carbonyl (C=O) groups excluding carboxylic acids is 2. The molecule has 2 N–H and O–H groups in total. The average molecular weight is 452 g/mol. The lowest BCUT2D eigenvalue weighted by Gasteiger charge is -2.15. The summed E-state index contributed by atoms with van der Waals surface area (Å²) in [5.74, 6) is -0.575. The first-order valence-corrected chi connectivity index (χ1v) is 9.92. The van der Waals surface area contributed by atoms with Crippen LogP contribution in [0.2, 0.25) is 0 Å². The predicted molar refractivity (Wildman–Crippen MR) is 113 cm³/mol. The van der Waals surface area contributed by atoms with Crippen molar-refractivity contribution in [2.24, 2.45) is 11.0 Å². The van der Waals surface area contributed by atoms with Crippen molar-refractivity contribution < 1.29 is 14.0 Å². The Morgan fingerprint density at radius 3 is 2.76 bits per heavy atom. The van der Waals surface area contributed by atoms with Gasteiger partial charge in [-0.1, -0.05) is 58.4 Å². The summed E-state index contributed by atoms with van der Waals surface area (Å²) in [5, 5.41) is 6.72. The molecule has 0 radical (unpaired) electrons. The Morgan fingerprint density at radius 2 is 1.97 bits per heavy atom. The molecule has 0 bridgehead atoms. The number of amides is 2. The highest BCUT2D eigenvalue weighted by Gasteiger charge is 2.40. The van der Waals surface area contributed by atoms with Crippen LogP contribution in [0.1, 0.15) is 17.2 Å². The maximum Gasteiger partial charge on any atom is 0.253 e. The van der Waals surface area contributed by atoms with Gasteiger partial charge in [0.15, 0.2) is 0 Å². The Kier molecular flexibility index (Phi) is 5.57. The van der Waals surface area contributed by atoms with E-state index in [1.165, 1.54) is 6.21 Å². The number of furan rings is 1. The van der Waals surface area contributed by atoms with Crippen molar-refractivity contribution in [2.75, 3.05) is 6.54 Å². The number of rotatable bonds is 5. The normalized spacial score (nSPS) is 18.7. The van der Waals surface area contributed by atoms with Crippen molar-refractivity contribution in [1.82, 2.24) is 10.7 Å². The van der Waals surface area contributed by atoms with Crippen molar-refractivity contribution in [2.45, 2.75) is 5.92 Å². The van der Waals surface area contributed by atoms with Crippen LogP contribution in [-0.2, 0) is 9.59 Å². The lowest BCUT2D eigenvalue weighted by atomic mass is 9.88. The third-order valence-corrected chi connectivity index (χ3v) is 5.29. The van der Waals surface area contributed by atoms with Crippen LogP contribution in [0, 0.1) is 5.92 Å². The van der Waals surface area contributed by atoms with Gasteiger partial charge < -0.3 is 9.73 Å². The van der Waals surface area contributed by atoms with E-state index in [1.807, 2.05) is 60.7 Å². The minimum atomic E-state index is -0.816. The number of hydrazone groups is 1. The van der Waals surface area contributed by atoms with E-state index in [-0.39, 0.29) is 11.8 Å². The summed E-state index contributed by atoms with van der Waals surface area (Å²) in [5.41, 5.74) is 4.33. The monoisotopic (exact) mass is 451 g/mol. The minimum absolute atomic E-state index is 0.217. The number of halogens is 1. The maximum atomic E-state index is 12.6. The summed E-state index contributed by atoms with van der Waals surface area (Å²) < 4.78 is 6.70.